The Hall–Kier alpha value is -2.85. The van der Waals surface area contributed by atoms with Gasteiger partial charge < -0.3 is 10.6 Å². The van der Waals surface area contributed by atoms with Crippen LogP contribution in [0.15, 0.2) is 60.7 Å². The maximum Gasteiger partial charge on any atom is 0.416 e. The lowest BCUT2D eigenvalue weighted by molar-refractivity contribution is -0.143. The van der Waals surface area contributed by atoms with Crippen LogP contribution in [0, 0.1) is 0 Å². The van der Waals surface area contributed by atoms with E-state index in [0.717, 1.165) is 13.0 Å². The van der Waals surface area contributed by atoms with Crippen LogP contribution in [0.3, 0.4) is 0 Å². The number of hydrogen-bond donors (Lipinski definition) is 2. The van der Waals surface area contributed by atoms with Gasteiger partial charge in [0.15, 0.2) is 0 Å². The van der Waals surface area contributed by atoms with Gasteiger partial charge in [-0.1, -0.05) is 42.5 Å². The van der Waals surface area contributed by atoms with Crippen LogP contribution in [0.1, 0.15) is 22.3 Å². The quantitative estimate of drug-likeness (QED) is 0.314. The number of nitrogens with one attached hydrogen (secondary N) is 2. The van der Waals surface area contributed by atoms with Crippen LogP contribution in [-0.2, 0) is 30.1 Å². The molecule has 0 bridgehead atoms. The Labute approximate surface area is 193 Å². The summed E-state index contributed by atoms with van der Waals surface area (Å²) >= 11 is 0. The molecule has 0 unspecified atom stereocenters. The number of carbonyl (C=O) groups excluding carboxylic acids is 1. The average Bonchev–Trinajstić information content (AvgIpc) is 3.25. The minimum absolute atomic E-state index is 0.0670. The molecule has 34 heavy (non-hydrogen) atoms. The largest absolute Gasteiger partial charge is 0.416 e. The van der Waals surface area contributed by atoms with Crippen molar-refractivity contribution in [3.8, 4) is 0 Å². The Morgan fingerprint density at radius 1 is 0.912 bits per heavy atom. The van der Waals surface area contributed by atoms with E-state index in [1.807, 2.05) is 35.2 Å². The zero-order valence-corrected chi connectivity index (χ0v) is 18.2. The Morgan fingerprint density at radius 3 is 2.18 bits per heavy atom. The van der Waals surface area contributed by atoms with Crippen molar-refractivity contribution in [1.82, 2.24) is 15.5 Å². The van der Waals surface area contributed by atoms with Crippen molar-refractivity contribution in [3.05, 3.63) is 82.9 Å². The summed E-state index contributed by atoms with van der Waals surface area (Å²) in [6.07, 6.45) is -5.52. The standard InChI is InChI=1S/C24H25F6N3O/c25-23(26,27)19-13-18(14-20(15-19)24(28,29)30)16-32-22(34)21-7-4-11-33(21)12-10-31-9-8-17-5-2-1-3-6-17/h1-7,13-15,21,31H,8-12,16H2,(H,32,34)/t21-/m0/s1. The first-order chi connectivity index (χ1) is 16.0. The second-order valence-electron chi connectivity index (χ2n) is 7.99. The molecule has 2 N–H and O–H groups in total. The SMILES string of the molecule is O=C(NCc1cc(C(F)(F)F)cc(C(F)(F)F)c1)[C@@H]1C=CCN1CCNCCc1ccccc1. The maximum atomic E-state index is 13.0. The van der Waals surface area contributed by atoms with Gasteiger partial charge in [-0.05, 0) is 42.3 Å². The molecule has 0 fully saturated rings. The van der Waals surface area contributed by atoms with Crippen LogP contribution in [0.5, 0.6) is 0 Å². The number of halogens is 6. The van der Waals surface area contributed by atoms with Crippen LogP contribution in [-0.4, -0.2) is 43.0 Å². The molecule has 1 atom stereocenters. The first kappa shape index (κ1) is 25.8. The van der Waals surface area contributed by atoms with E-state index in [1.54, 1.807) is 12.2 Å². The summed E-state index contributed by atoms with van der Waals surface area (Å²) < 4.78 is 78.2. The maximum absolute atomic E-state index is 13.0. The smallest absolute Gasteiger partial charge is 0.350 e. The van der Waals surface area contributed by atoms with Crippen LogP contribution >= 0.6 is 0 Å². The monoisotopic (exact) mass is 485 g/mol. The van der Waals surface area contributed by atoms with Crippen LogP contribution in [0.2, 0.25) is 0 Å². The van der Waals surface area contributed by atoms with Gasteiger partial charge in [0.25, 0.3) is 0 Å². The molecule has 0 spiro atoms. The fourth-order valence-electron chi connectivity index (χ4n) is 3.68. The number of nitrogens with zero attached hydrogens (tertiary/aromatic N) is 1. The molecule has 10 heteroatoms. The molecule has 2 aromatic carbocycles. The van der Waals surface area contributed by atoms with Crippen molar-refractivity contribution in [2.24, 2.45) is 0 Å². The summed E-state index contributed by atoms with van der Waals surface area (Å²) in [7, 11) is 0. The van der Waals surface area contributed by atoms with Gasteiger partial charge in [-0.15, -0.1) is 0 Å². The number of carbonyl (C=O) groups is 1. The van der Waals surface area contributed by atoms with E-state index < -0.39 is 42.0 Å². The summed E-state index contributed by atoms with van der Waals surface area (Å²) in [5.41, 5.74) is -1.88. The number of hydrogen-bond acceptors (Lipinski definition) is 3. The van der Waals surface area contributed by atoms with Crippen molar-refractivity contribution in [2.75, 3.05) is 26.2 Å². The summed E-state index contributed by atoms with van der Waals surface area (Å²) in [6.45, 7) is 2.03. The third-order valence-electron chi connectivity index (χ3n) is 5.44. The lowest BCUT2D eigenvalue weighted by atomic mass is 10.0. The van der Waals surface area contributed by atoms with E-state index in [9.17, 15) is 31.1 Å². The molecule has 0 aliphatic carbocycles. The molecule has 1 aliphatic rings. The van der Waals surface area contributed by atoms with Gasteiger partial charge in [-0.25, -0.2) is 0 Å². The topological polar surface area (TPSA) is 44.4 Å². The van der Waals surface area contributed by atoms with Crippen LogP contribution in [0.25, 0.3) is 0 Å². The third-order valence-corrected chi connectivity index (χ3v) is 5.44. The first-order valence-corrected chi connectivity index (χ1v) is 10.8. The highest BCUT2D eigenvalue weighted by atomic mass is 19.4. The normalized spacial score (nSPS) is 16.7. The predicted molar refractivity (Wildman–Crippen MR) is 116 cm³/mol. The van der Waals surface area contributed by atoms with E-state index in [-0.39, 0.29) is 11.6 Å². The summed E-state index contributed by atoms with van der Waals surface area (Å²) in [5.74, 6) is -0.482. The third kappa shape index (κ3) is 7.33. The first-order valence-electron chi connectivity index (χ1n) is 10.8. The van der Waals surface area contributed by atoms with Crippen molar-refractivity contribution in [3.63, 3.8) is 0 Å². The zero-order chi connectivity index (χ0) is 24.8. The molecular formula is C24H25F6N3O. The van der Waals surface area contributed by atoms with Gasteiger partial charge in [-0.3, -0.25) is 9.69 Å². The lowest BCUT2D eigenvalue weighted by Gasteiger charge is -2.24. The highest BCUT2D eigenvalue weighted by molar-refractivity contribution is 5.84. The molecule has 0 saturated carbocycles. The molecule has 0 aromatic heterocycles. The fraction of sp³-hybridized carbons (Fsp3) is 0.375. The lowest BCUT2D eigenvalue weighted by Crippen LogP contribution is -2.45. The van der Waals surface area contributed by atoms with Crippen molar-refractivity contribution >= 4 is 5.91 Å². The van der Waals surface area contributed by atoms with Crippen molar-refractivity contribution in [2.45, 2.75) is 31.4 Å². The molecule has 0 saturated heterocycles. The molecule has 1 amide bonds. The Morgan fingerprint density at radius 2 is 1.56 bits per heavy atom. The van der Waals surface area contributed by atoms with Crippen LogP contribution < -0.4 is 10.6 Å². The molecule has 4 nitrogen and oxygen atoms in total. The van der Waals surface area contributed by atoms with Crippen molar-refractivity contribution in [1.29, 1.82) is 0 Å². The molecule has 1 heterocycles. The van der Waals surface area contributed by atoms with E-state index in [1.165, 1.54) is 5.56 Å². The molecular weight excluding hydrogens is 460 g/mol. The Kier molecular flexibility index (Phi) is 8.37. The Bertz CT molecular complexity index is 956. The number of amides is 1. The zero-order valence-electron chi connectivity index (χ0n) is 18.2. The number of rotatable bonds is 9. The second-order valence-corrected chi connectivity index (χ2v) is 7.99. The molecule has 3 rings (SSSR count). The molecule has 184 valence electrons. The van der Waals surface area contributed by atoms with Gasteiger partial charge in [0.2, 0.25) is 5.91 Å². The van der Waals surface area contributed by atoms with Gasteiger partial charge in [0.1, 0.15) is 6.04 Å². The fourth-order valence-corrected chi connectivity index (χ4v) is 3.68. The van der Waals surface area contributed by atoms with Gasteiger partial charge >= 0.3 is 12.4 Å². The molecule has 0 radical (unpaired) electrons. The van der Waals surface area contributed by atoms with Crippen molar-refractivity contribution < 1.29 is 31.1 Å². The number of alkyl halides is 6. The summed E-state index contributed by atoms with van der Waals surface area (Å²) in [4.78, 5) is 14.5. The summed E-state index contributed by atoms with van der Waals surface area (Å²) in [6, 6.07) is 10.6. The highest BCUT2D eigenvalue weighted by Gasteiger charge is 2.37. The predicted octanol–water partition coefficient (Wildman–Crippen LogP) is 4.41. The van der Waals surface area contributed by atoms with E-state index >= 15 is 0 Å². The van der Waals surface area contributed by atoms with E-state index in [0.29, 0.717) is 31.8 Å². The summed E-state index contributed by atoms with van der Waals surface area (Å²) in [5, 5.41) is 5.77. The van der Waals surface area contributed by atoms with E-state index in [4.69, 9.17) is 0 Å². The minimum Gasteiger partial charge on any atom is -0.350 e. The van der Waals surface area contributed by atoms with Gasteiger partial charge in [-0.2, -0.15) is 26.3 Å². The second kappa shape index (κ2) is 11.1. The molecule has 1 aliphatic heterocycles. The average molecular weight is 485 g/mol. The highest BCUT2D eigenvalue weighted by Crippen LogP contribution is 2.36. The Balaban J connectivity index is 1.52. The van der Waals surface area contributed by atoms with Gasteiger partial charge in [0, 0.05) is 26.2 Å². The minimum atomic E-state index is -4.93. The number of benzene rings is 2. The molecule has 2 aromatic rings. The van der Waals surface area contributed by atoms with E-state index in [2.05, 4.69) is 10.6 Å². The van der Waals surface area contributed by atoms with Crippen LogP contribution in [0.4, 0.5) is 26.3 Å². The van der Waals surface area contributed by atoms with Gasteiger partial charge in [0.05, 0.1) is 11.1 Å².